The first kappa shape index (κ1) is 11.0. The summed E-state index contributed by atoms with van der Waals surface area (Å²) in [5, 5.41) is 0. The summed E-state index contributed by atoms with van der Waals surface area (Å²) in [5.74, 6) is 0.917. The number of rotatable bonds is 1. The van der Waals surface area contributed by atoms with Crippen LogP contribution >= 0.6 is 0 Å². The molecular formula is C11H18O. The first-order valence-corrected chi connectivity index (χ1v) is 4.35. The van der Waals surface area contributed by atoms with Gasteiger partial charge in [-0.3, -0.25) is 0 Å². The zero-order valence-electron chi connectivity index (χ0n) is 8.42. The average Bonchev–Trinajstić information content (AvgIpc) is 2.07. The van der Waals surface area contributed by atoms with Gasteiger partial charge in [0, 0.05) is 0 Å². The zero-order valence-corrected chi connectivity index (χ0v) is 8.42. The molecule has 1 nitrogen and oxygen atoms in total. The van der Waals surface area contributed by atoms with E-state index in [0.717, 1.165) is 5.75 Å². The van der Waals surface area contributed by atoms with E-state index in [9.17, 15) is 0 Å². The van der Waals surface area contributed by atoms with E-state index >= 15 is 0 Å². The van der Waals surface area contributed by atoms with E-state index in [-0.39, 0.29) is 0 Å². The summed E-state index contributed by atoms with van der Waals surface area (Å²) in [4.78, 5) is 0. The molecule has 0 atom stereocenters. The van der Waals surface area contributed by atoms with E-state index in [1.165, 1.54) is 12.0 Å². The molecule has 0 radical (unpaired) electrons. The van der Waals surface area contributed by atoms with Crippen LogP contribution in [-0.4, -0.2) is 7.11 Å². The van der Waals surface area contributed by atoms with E-state index in [1.807, 2.05) is 24.3 Å². The highest BCUT2D eigenvalue weighted by Crippen LogP contribution is 2.09. The van der Waals surface area contributed by atoms with Crippen molar-refractivity contribution in [3.63, 3.8) is 0 Å². The first-order chi connectivity index (χ1) is 5.74. The second-order valence-electron chi connectivity index (χ2n) is 2.72. The van der Waals surface area contributed by atoms with Crippen LogP contribution in [0.2, 0.25) is 0 Å². The molecule has 0 spiro atoms. The molecule has 0 aliphatic rings. The topological polar surface area (TPSA) is 9.23 Å². The molecule has 0 unspecified atom stereocenters. The molecule has 1 aromatic rings. The third-order valence-electron chi connectivity index (χ3n) is 1.26. The molecule has 1 heteroatoms. The van der Waals surface area contributed by atoms with Crippen LogP contribution in [0.1, 0.15) is 25.8 Å². The van der Waals surface area contributed by atoms with Gasteiger partial charge in [-0.1, -0.05) is 38.0 Å². The summed E-state index contributed by atoms with van der Waals surface area (Å²) >= 11 is 0. The number of benzene rings is 1. The molecule has 0 N–H and O–H groups in total. The van der Waals surface area contributed by atoms with Crippen molar-refractivity contribution in [3.8, 4) is 5.75 Å². The van der Waals surface area contributed by atoms with Gasteiger partial charge in [0.05, 0.1) is 7.11 Å². The molecular weight excluding hydrogens is 148 g/mol. The van der Waals surface area contributed by atoms with Crippen LogP contribution in [0.25, 0.3) is 0 Å². The van der Waals surface area contributed by atoms with E-state index in [4.69, 9.17) is 4.74 Å². The molecule has 0 aromatic heterocycles. The quantitative estimate of drug-likeness (QED) is 0.621. The molecule has 0 saturated heterocycles. The smallest absolute Gasteiger partial charge is 0.118 e. The highest BCUT2D eigenvalue weighted by Gasteiger charge is 1.85. The largest absolute Gasteiger partial charge is 0.497 e. The predicted molar refractivity (Wildman–Crippen MR) is 53.7 cm³/mol. The molecule has 1 rings (SSSR count). The van der Waals surface area contributed by atoms with Gasteiger partial charge in [0.25, 0.3) is 0 Å². The lowest BCUT2D eigenvalue weighted by Gasteiger charge is -1.97. The van der Waals surface area contributed by atoms with Crippen molar-refractivity contribution < 1.29 is 4.74 Å². The molecule has 68 valence electrons. The van der Waals surface area contributed by atoms with Crippen molar-refractivity contribution in [2.45, 2.75) is 27.2 Å². The Morgan fingerprint density at radius 1 is 1.08 bits per heavy atom. The van der Waals surface area contributed by atoms with Gasteiger partial charge in [0.1, 0.15) is 5.75 Å². The van der Waals surface area contributed by atoms with Crippen LogP contribution in [0, 0.1) is 6.92 Å². The Labute approximate surface area is 75.4 Å². The zero-order chi connectivity index (χ0) is 9.40. The standard InChI is InChI=1S/C8H10O.C3H8/c1-7-3-5-8(9-2)6-4-7;1-3-2/h3-6H,1-2H3;3H2,1-2H3. The Bertz CT molecular complexity index is 189. The fraction of sp³-hybridized carbons (Fsp3) is 0.455. The highest BCUT2D eigenvalue weighted by atomic mass is 16.5. The van der Waals surface area contributed by atoms with Gasteiger partial charge < -0.3 is 4.74 Å². The monoisotopic (exact) mass is 166 g/mol. The van der Waals surface area contributed by atoms with Crippen LogP contribution in [0.4, 0.5) is 0 Å². The fourth-order valence-electron chi connectivity index (χ4n) is 0.674. The molecule has 0 aliphatic heterocycles. The fourth-order valence-corrected chi connectivity index (χ4v) is 0.674. The van der Waals surface area contributed by atoms with Gasteiger partial charge in [0.2, 0.25) is 0 Å². The normalized spacial score (nSPS) is 8.33. The van der Waals surface area contributed by atoms with E-state index in [0.29, 0.717) is 0 Å². The maximum Gasteiger partial charge on any atom is 0.118 e. The maximum absolute atomic E-state index is 4.97. The summed E-state index contributed by atoms with van der Waals surface area (Å²) in [7, 11) is 1.67. The molecule has 0 bridgehead atoms. The van der Waals surface area contributed by atoms with Gasteiger partial charge in [-0.15, -0.1) is 0 Å². The van der Waals surface area contributed by atoms with E-state index in [1.54, 1.807) is 7.11 Å². The van der Waals surface area contributed by atoms with E-state index in [2.05, 4.69) is 20.8 Å². The second kappa shape index (κ2) is 6.71. The van der Waals surface area contributed by atoms with Crippen molar-refractivity contribution in [2.75, 3.05) is 7.11 Å². The van der Waals surface area contributed by atoms with Crippen LogP contribution in [0.5, 0.6) is 5.75 Å². The van der Waals surface area contributed by atoms with Gasteiger partial charge in [0.15, 0.2) is 0 Å². The van der Waals surface area contributed by atoms with Crippen LogP contribution in [0.15, 0.2) is 24.3 Å². The number of hydrogen-bond acceptors (Lipinski definition) is 1. The van der Waals surface area contributed by atoms with Gasteiger partial charge in [-0.05, 0) is 19.1 Å². The third kappa shape index (κ3) is 4.78. The highest BCUT2D eigenvalue weighted by molar-refractivity contribution is 5.25. The molecule has 0 fully saturated rings. The molecule has 0 amide bonds. The summed E-state index contributed by atoms with van der Waals surface area (Å²) in [6.45, 7) is 6.30. The third-order valence-corrected chi connectivity index (χ3v) is 1.26. The van der Waals surface area contributed by atoms with Crippen molar-refractivity contribution in [2.24, 2.45) is 0 Å². The number of methoxy groups -OCH3 is 1. The minimum atomic E-state index is 0.917. The first-order valence-electron chi connectivity index (χ1n) is 4.35. The molecule has 12 heavy (non-hydrogen) atoms. The summed E-state index contributed by atoms with van der Waals surface area (Å²) in [6, 6.07) is 7.96. The lowest BCUT2D eigenvalue weighted by molar-refractivity contribution is 0.414. The Hall–Kier alpha value is -0.980. The van der Waals surface area contributed by atoms with Crippen molar-refractivity contribution in [1.82, 2.24) is 0 Å². The summed E-state index contributed by atoms with van der Waals surface area (Å²) in [6.07, 6.45) is 1.25. The Balaban J connectivity index is 0.000000354. The minimum Gasteiger partial charge on any atom is -0.497 e. The Morgan fingerprint density at radius 3 is 1.83 bits per heavy atom. The average molecular weight is 166 g/mol. The molecule has 0 heterocycles. The summed E-state index contributed by atoms with van der Waals surface area (Å²) < 4.78 is 4.97. The molecule has 0 saturated carbocycles. The van der Waals surface area contributed by atoms with Crippen LogP contribution < -0.4 is 4.74 Å². The van der Waals surface area contributed by atoms with Crippen molar-refractivity contribution in [3.05, 3.63) is 29.8 Å². The van der Waals surface area contributed by atoms with E-state index < -0.39 is 0 Å². The lowest BCUT2D eigenvalue weighted by atomic mass is 10.2. The minimum absolute atomic E-state index is 0.917. The Kier molecular flexibility index (Phi) is 6.16. The van der Waals surface area contributed by atoms with Crippen molar-refractivity contribution >= 4 is 0 Å². The predicted octanol–water partition coefficient (Wildman–Crippen LogP) is 3.42. The van der Waals surface area contributed by atoms with Crippen LogP contribution in [0.3, 0.4) is 0 Å². The lowest BCUT2D eigenvalue weighted by Crippen LogP contribution is -1.80. The second-order valence-corrected chi connectivity index (χ2v) is 2.72. The van der Waals surface area contributed by atoms with Gasteiger partial charge in [-0.2, -0.15) is 0 Å². The molecule has 0 aliphatic carbocycles. The Morgan fingerprint density at radius 2 is 1.50 bits per heavy atom. The van der Waals surface area contributed by atoms with Gasteiger partial charge in [-0.25, -0.2) is 0 Å². The summed E-state index contributed by atoms with van der Waals surface area (Å²) in [5.41, 5.74) is 1.26. The SMILES string of the molecule is CCC.COc1ccc(C)cc1. The van der Waals surface area contributed by atoms with Gasteiger partial charge >= 0.3 is 0 Å². The molecule has 1 aromatic carbocycles. The van der Waals surface area contributed by atoms with Crippen LogP contribution in [-0.2, 0) is 0 Å². The maximum atomic E-state index is 4.97. The number of ether oxygens (including phenoxy) is 1. The number of aryl methyl sites for hydroxylation is 1. The van der Waals surface area contributed by atoms with Crippen molar-refractivity contribution in [1.29, 1.82) is 0 Å². The number of hydrogen-bond donors (Lipinski definition) is 0.